The molecule has 1 aromatic rings. The summed E-state index contributed by atoms with van der Waals surface area (Å²) in [6.45, 7) is 10.9. The van der Waals surface area contributed by atoms with Gasteiger partial charge < -0.3 is 4.43 Å². The number of halogens is 1. The van der Waals surface area contributed by atoms with Crippen LogP contribution >= 0.6 is 15.9 Å². The fourth-order valence-electron chi connectivity index (χ4n) is 0.734. The molecule has 0 aliphatic heterocycles. The summed E-state index contributed by atoms with van der Waals surface area (Å²) in [7, 11) is -1.80. The molecule has 0 aromatic carbocycles. The fraction of sp³-hybridized carbons (Fsp3) is 0.600. The molecule has 84 valence electrons. The quantitative estimate of drug-likeness (QED) is 0.780. The zero-order chi connectivity index (χ0) is 11.7. The van der Waals surface area contributed by atoms with Gasteiger partial charge in [0.2, 0.25) is 0 Å². The van der Waals surface area contributed by atoms with Crippen molar-refractivity contribution < 1.29 is 4.43 Å². The van der Waals surface area contributed by atoms with E-state index in [0.717, 1.165) is 4.47 Å². The van der Waals surface area contributed by atoms with Crippen molar-refractivity contribution in [3.8, 4) is 6.01 Å². The SMILES string of the molecule is CC(C)(C)[Si](C)(C)Oc1ncc(Br)cn1. The van der Waals surface area contributed by atoms with Gasteiger partial charge in [-0.15, -0.1) is 0 Å². The third kappa shape index (κ3) is 3.27. The average molecular weight is 289 g/mol. The molecule has 0 radical (unpaired) electrons. The molecular formula is C10H17BrN2OSi. The van der Waals surface area contributed by atoms with E-state index in [-0.39, 0.29) is 5.04 Å². The Kier molecular flexibility index (Phi) is 3.55. The van der Waals surface area contributed by atoms with Gasteiger partial charge in [-0.1, -0.05) is 20.8 Å². The zero-order valence-electron chi connectivity index (χ0n) is 9.84. The zero-order valence-corrected chi connectivity index (χ0v) is 12.4. The van der Waals surface area contributed by atoms with E-state index in [4.69, 9.17) is 4.43 Å². The van der Waals surface area contributed by atoms with Crippen LogP contribution in [0.4, 0.5) is 0 Å². The highest BCUT2D eigenvalue weighted by Gasteiger charge is 2.39. The molecule has 1 aromatic heterocycles. The molecule has 5 heteroatoms. The first-order valence-electron chi connectivity index (χ1n) is 4.89. The van der Waals surface area contributed by atoms with E-state index in [1.165, 1.54) is 0 Å². The highest BCUT2D eigenvalue weighted by molar-refractivity contribution is 9.10. The molecule has 0 bridgehead atoms. The molecule has 0 saturated heterocycles. The molecule has 0 aliphatic carbocycles. The van der Waals surface area contributed by atoms with Crippen LogP contribution in [-0.2, 0) is 0 Å². The number of hydrogen-bond donors (Lipinski definition) is 0. The lowest BCUT2D eigenvalue weighted by Crippen LogP contribution is -2.44. The maximum Gasteiger partial charge on any atom is 0.302 e. The Hall–Kier alpha value is -0.423. The molecule has 0 spiro atoms. The molecule has 0 atom stereocenters. The van der Waals surface area contributed by atoms with Gasteiger partial charge in [-0.3, -0.25) is 0 Å². The fourth-order valence-corrected chi connectivity index (χ4v) is 1.81. The smallest absolute Gasteiger partial charge is 0.302 e. The van der Waals surface area contributed by atoms with Crippen molar-refractivity contribution >= 4 is 24.2 Å². The van der Waals surface area contributed by atoms with Crippen LogP contribution in [0.3, 0.4) is 0 Å². The van der Waals surface area contributed by atoms with Gasteiger partial charge in [-0.25, -0.2) is 9.97 Å². The number of nitrogens with zero attached hydrogens (tertiary/aromatic N) is 2. The molecule has 0 saturated carbocycles. The standard InChI is InChI=1S/C10H17BrN2OSi/c1-10(2,3)15(4,5)14-9-12-6-8(11)7-13-9/h6-7H,1-5H3. The normalized spacial score (nSPS) is 12.7. The lowest BCUT2D eigenvalue weighted by atomic mass is 10.2. The van der Waals surface area contributed by atoms with E-state index < -0.39 is 8.32 Å². The van der Waals surface area contributed by atoms with Gasteiger partial charge in [0.15, 0.2) is 0 Å². The van der Waals surface area contributed by atoms with Gasteiger partial charge in [-0.05, 0) is 34.1 Å². The predicted molar refractivity (Wildman–Crippen MR) is 67.6 cm³/mol. The lowest BCUT2D eigenvalue weighted by Gasteiger charge is -2.35. The minimum atomic E-state index is -1.80. The second-order valence-electron chi connectivity index (χ2n) is 5.05. The second kappa shape index (κ2) is 4.21. The summed E-state index contributed by atoms with van der Waals surface area (Å²) in [6.07, 6.45) is 3.41. The van der Waals surface area contributed by atoms with Crippen molar-refractivity contribution in [2.24, 2.45) is 0 Å². The van der Waals surface area contributed by atoms with Crippen molar-refractivity contribution in [3.05, 3.63) is 16.9 Å². The highest BCUT2D eigenvalue weighted by Crippen LogP contribution is 2.36. The van der Waals surface area contributed by atoms with E-state index in [9.17, 15) is 0 Å². The summed E-state index contributed by atoms with van der Waals surface area (Å²) in [5.74, 6) is 0. The van der Waals surface area contributed by atoms with Crippen LogP contribution < -0.4 is 4.43 Å². The van der Waals surface area contributed by atoms with Crippen LogP contribution in [0.5, 0.6) is 6.01 Å². The minimum absolute atomic E-state index is 0.170. The predicted octanol–water partition coefficient (Wildman–Crippen LogP) is 3.62. The molecule has 0 amide bonds. The summed E-state index contributed by atoms with van der Waals surface area (Å²) in [5.41, 5.74) is 0. The monoisotopic (exact) mass is 288 g/mol. The topological polar surface area (TPSA) is 35.0 Å². The van der Waals surface area contributed by atoms with Crippen LogP contribution in [0.15, 0.2) is 16.9 Å². The van der Waals surface area contributed by atoms with Gasteiger partial charge in [0, 0.05) is 12.4 Å². The average Bonchev–Trinajstić information content (AvgIpc) is 2.06. The lowest BCUT2D eigenvalue weighted by molar-refractivity contribution is 0.458. The Morgan fingerprint density at radius 1 is 1.20 bits per heavy atom. The van der Waals surface area contributed by atoms with Crippen molar-refractivity contribution in [3.63, 3.8) is 0 Å². The molecular weight excluding hydrogens is 272 g/mol. The Morgan fingerprint density at radius 2 is 1.67 bits per heavy atom. The second-order valence-corrected chi connectivity index (χ2v) is 10.7. The van der Waals surface area contributed by atoms with Crippen LogP contribution in [0.25, 0.3) is 0 Å². The van der Waals surface area contributed by atoms with Crippen molar-refractivity contribution in [1.82, 2.24) is 9.97 Å². The van der Waals surface area contributed by atoms with E-state index >= 15 is 0 Å². The first kappa shape index (κ1) is 12.6. The summed E-state index contributed by atoms with van der Waals surface area (Å²) in [6, 6.07) is 0.477. The Morgan fingerprint density at radius 3 is 2.07 bits per heavy atom. The van der Waals surface area contributed by atoms with Crippen molar-refractivity contribution in [2.45, 2.75) is 38.9 Å². The summed E-state index contributed by atoms with van der Waals surface area (Å²) >= 11 is 3.30. The van der Waals surface area contributed by atoms with Crippen LogP contribution in [0, 0.1) is 0 Å². The van der Waals surface area contributed by atoms with Gasteiger partial charge >= 0.3 is 6.01 Å². The van der Waals surface area contributed by atoms with Crippen molar-refractivity contribution in [2.75, 3.05) is 0 Å². The highest BCUT2D eigenvalue weighted by atomic mass is 79.9. The maximum absolute atomic E-state index is 5.92. The Bertz CT molecular complexity index is 332. The molecule has 0 N–H and O–H groups in total. The number of aromatic nitrogens is 2. The summed E-state index contributed by atoms with van der Waals surface area (Å²) in [5, 5.41) is 0.170. The number of rotatable bonds is 2. The largest absolute Gasteiger partial charge is 0.517 e. The summed E-state index contributed by atoms with van der Waals surface area (Å²) < 4.78 is 6.78. The molecule has 3 nitrogen and oxygen atoms in total. The minimum Gasteiger partial charge on any atom is -0.517 e. The molecule has 0 fully saturated rings. The van der Waals surface area contributed by atoms with Crippen LogP contribution in [0.2, 0.25) is 18.1 Å². The summed E-state index contributed by atoms with van der Waals surface area (Å²) in [4.78, 5) is 8.26. The first-order valence-corrected chi connectivity index (χ1v) is 8.59. The molecule has 1 heterocycles. The van der Waals surface area contributed by atoms with E-state index in [2.05, 4.69) is 59.8 Å². The van der Waals surface area contributed by atoms with Gasteiger partial charge in [0.25, 0.3) is 8.32 Å². The van der Waals surface area contributed by atoms with Crippen LogP contribution in [0.1, 0.15) is 20.8 Å². The third-order valence-corrected chi connectivity index (χ3v) is 7.46. The van der Waals surface area contributed by atoms with Gasteiger partial charge in [0.1, 0.15) is 0 Å². The molecule has 1 rings (SSSR count). The van der Waals surface area contributed by atoms with Crippen LogP contribution in [-0.4, -0.2) is 18.3 Å². The first-order chi connectivity index (χ1) is 6.72. The molecule has 15 heavy (non-hydrogen) atoms. The number of hydrogen-bond acceptors (Lipinski definition) is 3. The Labute approximate surface area is 101 Å². The van der Waals surface area contributed by atoms with Gasteiger partial charge in [-0.2, -0.15) is 0 Å². The molecule has 0 unspecified atom stereocenters. The van der Waals surface area contributed by atoms with E-state index in [1.807, 2.05) is 0 Å². The van der Waals surface area contributed by atoms with Gasteiger partial charge in [0.05, 0.1) is 4.47 Å². The van der Waals surface area contributed by atoms with E-state index in [1.54, 1.807) is 12.4 Å². The maximum atomic E-state index is 5.92. The molecule has 0 aliphatic rings. The van der Waals surface area contributed by atoms with E-state index in [0.29, 0.717) is 6.01 Å². The van der Waals surface area contributed by atoms with Crippen molar-refractivity contribution in [1.29, 1.82) is 0 Å². The third-order valence-electron chi connectivity index (χ3n) is 2.75. The Balaban J connectivity index is 2.82.